The van der Waals surface area contributed by atoms with Crippen molar-refractivity contribution >= 4 is 29.5 Å². The number of nitrogens with zero attached hydrogens (tertiary/aromatic N) is 3. The molecule has 22 heavy (non-hydrogen) atoms. The first-order valence-electron chi connectivity index (χ1n) is 7.45. The minimum atomic E-state index is -0.466. The van der Waals surface area contributed by atoms with Gasteiger partial charge in [0.2, 0.25) is 0 Å². The molecule has 5 nitrogen and oxygen atoms in total. The summed E-state index contributed by atoms with van der Waals surface area (Å²) in [4.78, 5) is 22.2. The van der Waals surface area contributed by atoms with Gasteiger partial charge in [-0.1, -0.05) is 11.6 Å². The highest BCUT2D eigenvalue weighted by Crippen LogP contribution is 2.26. The lowest BCUT2D eigenvalue weighted by Crippen LogP contribution is -2.47. The first-order valence-corrected chi connectivity index (χ1v) is 8.81. The lowest BCUT2D eigenvalue weighted by molar-refractivity contribution is 0.0126. The fourth-order valence-corrected chi connectivity index (χ4v) is 3.55. The quantitative estimate of drug-likeness (QED) is 0.613. The Bertz CT molecular complexity index is 522. The predicted octanol–water partition coefficient (Wildman–Crippen LogP) is 4.01. The molecular formula is C15H22ClN3O2S. The van der Waals surface area contributed by atoms with Crippen LogP contribution in [0.15, 0.2) is 17.4 Å². The van der Waals surface area contributed by atoms with Crippen LogP contribution < -0.4 is 0 Å². The molecule has 0 bridgehead atoms. The van der Waals surface area contributed by atoms with E-state index in [4.69, 9.17) is 16.3 Å². The minimum Gasteiger partial charge on any atom is -0.444 e. The van der Waals surface area contributed by atoms with Gasteiger partial charge in [-0.3, -0.25) is 0 Å². The SMILES string of the molecule is CC(C)(C)OC(=O)N1CCCC[C@@H]1CSc1cc(Cl)ncn1. The van der Waals surface area contributed by atoms with Crippen molar-refractivity contribution in [3.63, 3.8) is 0 Å². The Balaban J connectivity index is 1.96. The molecule has 0 N–H and O–H groups in total. The molecule has 1 aromatic rings. The number of ether oxygens (including phenoxy) is 1. The summed E-state index contributed by atoms with van der Waals surface area (Å²) < 4.78 is 5.51. The molecule has 1 fully saturated rings. The standard InChI is InChI=1S/C15H22ClN3O2S/c1-15(2,3)21-14(20)19-7-5-4-6-11(19)9-22-13-8-12(16)17-10-18-13/h8,10-11H,4-7,9H2,1-3H3/t11-/m1/s1. The molecule has 0 aromatic carbocycles. The molecule has 0 saturated carbocycles. The van der Waals surface area contributed by atoms with Crippen LogP contribution in [0.25, 0.3) is 0 Å². The zero-order valence-electron chi connectivity index (χ0n) is 13.2. The Morgan fingerprint density at radius 3 is 2.91 bits per heavy atom. The van der Waals surface area contributed by atoms with E-state index in [1.165, 1.54) is 6.33 Å². The van der Waals surface area contributed by atoms with Crippen LogP contribution in [-0.4, -0.2) is 44.9 Å². The van der Waals surface area contributed by atoms with Gasteiger partial charge >= 0.3 is 6.09 Å². The topological polar surface area (TPSA) is 55.3 Å². The Labute approximate surface area is 140 Å². The number of rotatable bonds is 3. The van der Waals surface area contributed by atoms with Gasteiger partial charge in [0.05, 0.1) is 0 Å². The van der Waals surface area contributed by atoms with Gasteiger partial charge in [0.25, 0.3) is 0 Å². The highest BCUT2D eigenvalue weighted by atomic mass is 35.5. The fourth-order valence-electron chi connectivity index (χ4n) is 2.31. The van der Waals surface area contributed by atoms with E-state index in [0.29, 0.717) is 5.15 Å². The number of hydrogen-bond donors (Lipinski definition) is 0. The third-order valence-corrected chi connectivity index (χ3v) is 4.56. The summed E-state index contributed by atoms with van der Waals surface area (Å²) in [5, 5.41) is 1.26. The van der Waals surface area contributed by atoms with E-state index in [2.05, 4.69) is 9.97 Å². The van der Waals surface area contributed by atoms with Crippen molar-refractivity contribution in [1.82, 2.24) is 14.9 Å². The summed E-state index contributed by atoms with van der Waals surface area (Å²) in [6, 6.07) is 1.91. The van der Waals surface area contributed by atoms with Gasteiger partial charge in [0, 0.05) is 24.4 Å². The highest BCUT2D eigenvalue weighted by Gasteiger charge is 2.30. The summed E-state index contributed by atoms with van der Waals surface area (Å²) in [6.45, 7) is 6.43. The predicted molar refractivity (Wildman–Crippen MR) is 88.3 cm³/mol. The number of hydrogen-bond acceptors (Lipinski definition) is 5. The maximum Gasteiger partial charge on any atom is 0.410 e. The van der Waals surface area contributed by atoms with Crippen LogP contribution in [0.4, 0.5) is 4.79 Å². The van der Waals surface area contributed by atoms with Gasteiger partial charge in [-0.2, -0.15) is 0 Å². The van der Waals surface area contributed by atoms with Crippen LogP contribution in [-0.2, 0) is 4.74 Å². The Hall–Kier alpha value is -1.01. The number of thioether (sulfide) groups is 1. The number of halogens is 1. The van der Waals surface area contributed by atoms with Gasteiger partial charge in [0.1, 0.15) is 22.1 Å². The first-order chi connectivity index (χ1) is 10.3. The molecule has 1 saturated heterocycles. The van der Waals surface area contributed by atoms with E-state index in [1.54, 1.807) is 17.8 Å². The number of carbonyl (C=O) groups is 1. The van der Waals surface area contributed by atoms with Crippen LogP contribution in [0.5, 0.6) is 0 Å². The van der Waals surface area contributed by atoms with Crippen molar-refractivity contribution in [3.8, 4) is 0 Å². The highest BCUT2D eigenvalue weighted by molar-refractivity contribution is 7.99. The number of amides is 1. The lowest BCUT2D eigenvalue weighted by atomic mass is 10.0. The molecule has 0 spiro atoms. The van der Waals surface area contributed by atoms with Gasteiger partial charge in [-0.05, 0) is 40.0 Å². The van der Waals surface area contributed by atoms with Crippen molar-refractivity contribution < 1.29 is 9.53 Å². The second kappa shape index (κ2) is 7.51. The zero-order valence-corrected chi connectivity index (χ0v) is 14.8. The monoisotopic (exact) mass is 343 g/mol. The summed E-state index contributed by atoms with van der Waals surface area (Å²) in [5.74, 6) is 0.784. The molecule has 0 radical (unpaired) electrons. The molecule has 7 heteroatoms. The normalized spacial score (nSPS) is 19.1. The molecule has 0 aliphatic carbocycles. The van der Waals surface area contributed by atoms with E-state index in [0.717, 1.165) is 36.6 Å². The first kappa shape index (κ1) is 17.3. The van der Waals surface area contributed by atoms with Crippen LogP contribution in [0.1, 0.15) is 40.0 Å². The number of likely N-dealkylation sites (tertiary alicyclic amines) is 1. The number of aromatic nitrogens is 2. The fraction of sp³-hybridized carbons (Fsp3) is 0.667. The van der Waals surface area contributed by atoms with E-state index >= 15 is 0 Å². The average Bonchev–Trinajstić information content (AvgIpc) is 2.44. The molecule has 1 amide bonds. The number of carbonyl (C=O) groups excluding carboxylic acids is 1. The van der Waals surface area contributed by atoms with Crippen LogP contribution >= 0.6 is 23.4 Å². The minimum absolute atomic E-state index is 0.169. The molecule has 2 rings (SSSR count). The van der Waals surface area contributed by atoms with Crippen LogP contribution in [0.3, 0.4) is 0 Å². The molecule has 0 unspecified atom stereocenters. The van der Waals surface area contributed by atoms with Crippen molar-refractivity contribution in [2.75, 3.05) is 12.3 Å². The van der Waals surface area contributed by atoms with Crippen molar-refractivity contribution in [1.29, 1.82) is 0 Å². The molecule has 1 aromatic heterocycles. The smallest absolute Gasteiger partial charge is 0.410 e. The van der Waals surface area contributed by atoms with Crippen molar-refractivity contribution in [2.24, 2.45) is 0 Å². The maximum absolute atomic E-state index is 12.3. The molecular weight excluding hydrogens is 322 g/mol. The Morgan fingerprint density at radius 2 is 2.23 bits per heavy atom. The number of piperidine rings is 1. The van der Waals surface area contributed by atoms with Gasteiger partial charge in [-0.15, -0.1) is 11.8 Å². The van der Waals surface area contributed by atoms with Gasteiger partial charge < -0.3 is 9.64 Å². The molecule has 1 aliphatic heterocycles. The largest absolute Gasteiger partial charge is 0.444 e. The third kappa shape index (κ3) is 5.32. The zero-order chi connectivity index (χ0) is 16.2. The average molecular weight is 344 g/mol. The van der Waals surface area contributed by atoms with Crippen LogP contribution in [0, 0.1) is 0 Å². The summed E-state index contributed by atoms with van der Waals surface area (Å²) in [7, 11) is 0. The summed E-state index contributed by atoms with van der Waals surface area (Å²) in [6.07, 6.45) is 4.38. The van der Waals surface area contributed by atoms with Crippen LogP contribution in [0.2, 0.25) is 5.15 Å². The molecule has 2 heterocycles. The summed E-state index contributed by atoms with van der Waals surface area (Å²) in [5.41, 5.74) is -0.466. The van der Waals surface area contributed by atoms with E-state index in [1.807, 2.05) is 25.7 Å². The second-order valence-electron chi connectivity index (χ2n) is 6.31. The van der Waals surface area contributed by atoms with Gasteiger partial charge in [-0.25, -0.2) is 14.8 Å². The van der Waals surface area contributed by atoms with Crippen molar-refractivity contribution in [2.45, 2.75) is 56.7 Å². The van der Waals surface area contributed by atoms with E-state index < -0.39 is 5.60 Å². The van der Waals surface area contributed by atoms with E-state index in [-0.39, 0.29) is 12.1 Å². The van der Waals surface area contributed by atoms with Gasteiger partial charge in [0.15, 0.2) is 0 Å². The third-order valence-electron chi connectivity index (χ3n) is 3.29. The summed E-state index contributed by atoms with van der Waals surface area (Å²) >= 11 is 7.46. The van der Waals surface area contributed by atoms with Crippen molar-refractivity contribution in [3.05, 3.63) is 17.5 Å². The molecule has 122 valence electrons. The Kier molecular flexibility index (Phi) is 5.92. The van der Waals surface area contributed by atoms with E-state index in [9.17, 15) is 4.79 Å². The second-order valence-corrected chi connectivity index (χ2v) is 7.74. The Morgan fingerprint density at radius 1 is 1.45 bits per heavy atom. The molecule has 1 atom stereocenters. The maximum atomic E-state index is 12.3. The molecule has 1 aliphatic rings. The lowest BCUT2D eigenvalue weighted by Gasteiger charge is -2.36.